The Bertz CT molecular complexity index is 530. The van der Waals surface area contributed by atoms with Crippen molar-refractivity contribution < 1.29 is 0 Å². The lowest BCUT2D eigenvalue weighted by Gasteiger charge is -2.17. The highest BCUT2D eigenvalue weighted by atomic mass is 15.3. The summed E-state index contributed by atoms with van der Waals surface area (Å²) < 4.78 is 1.99. The first-order valence-corrected chi connectivity index (χ1v) is 7.25. The third-order valence-corrected chi connectivity index (χ3v) is 3.68. The fourth-order valence-electron chi connectivity index (χ4n) is 2.89. The van der Waals surface area contributed by atoms with Crippen LogP contribution >= 0.6 is 0 Å². The minimum Gasteiger partial charge on any atom is -0.315 e. The van der Waals surface area contributed by atoms with Crippen LogP contribution in [0.15, 0.2) is 24.3 Å². The number of nitrogens with one attached hydrogen (secondary N) is 1. The normalized spacial score (nSPS) is 14.7. The van der Waals surface area contributed by atoms with Gasteiger partial charge in [0.15, 0.2) is 0 Å². The van der Waals surface area contributed by atoms with Crippen LogP contribution in [0.25, 0.3) is 10.9 Å². The number of para-hydroxylation sites is 1. The molecule has 2 atom stereocenters. The monoisotopic (exact) mass is 259 g/mol. The van der Waals surface area contributed by atoms with Gasteiger partial charge in [0.05, 0.1) is 11.2 Å². The van der Waals surface area contributed by atoms with Crippen LogP contribution in [0.1, 0.15) is 32.9 Å². The Morgan fingerprint density at radius 1 is 1.26 bits per heavy atom. The molecule has 1 heterocycles. The number of fused-ring (bicyclic) bond motifs is 1. The third-order valence-electron chi connectivity index (χ3n) is 3.68. The summed E-state index contributed by atoms with van der Waals surface area (Å²) in [7, 11) is 2.03. The predicted octanol–water partition coefficient (Wildman–Crippen LogP) is 3.14. The van der Waals surface area contributed by atoms with E-state index >= 15 is 0 Å². The van der Waals surface area contributed by atoms with Gasteiger partial charge >= 0.3 is 0 Å². The highest BCUT2D eigenvalue weighted by Gasteiger charge is 2.13. The average Bonchev–Trinajstić information content (AvgIpc) is 2.67. The largest absolute Gasteiger partial charge is 0.315 e. The SMILES string of the molecule is CCNC(C)CC(C)Cc1nn(C)c2ccccc12. The van der Waals surface area contributed by atoms with E-state index in [0.717, 1.165) is 13.0 Å². The summed E-state index contributed by atoms with van der Waals surface area (Å²) in [6.45, 7) is 7.78. The lowest BCUT2D eigenvalue weighted by atomic mass is 9.96. The van der Waals surface area contributed by atoms with Crippen molar-refractivity contribution in [2.45, 2.75) is 39.7 Å². The maximum atomic E-state index is 4.68. The molecule has 1 aromatic carbocycles. The molecule has 0 aliphatic heterocycles. The number of aryl methyl sites for hydroxylation is 1. The first-order valence-electron chi connectivity index (χ1n) is 7.25. The Morgan fingerprint density at radius 2 is 2.00 bits per heavy atom. The molecule has 1 aromatic heterocycles. The topological polar surface area (TPSA) is 29.9 Å². The van der Waals surface area contributed by atoms with Gasteiger partial charge in [0.1, 0.15) is 0 Å². The van der Waals surface area contributed by atoms with Gasteiger partial charge in [-0.25, -0.2) is 0 Å². The van der Waals surface area contributed by atoms with Crippen LogP contribution in [0.3, 0.4) is 0 Å². The van der Waals surface area contributed by atoms with Gasteiger partial charge in [0.25, 0.3) is 0 Å². The summed E-state index contributed by atoms with van der Waals surface area (Å²) in [6.07, 6.45) is 2.25. The van der Waals surface area contributed by atoms with Gasteiger partial charge < -0.3 is 5.32 Å². The van der Waals surface area contributed by atoms with Gasteiger partial charge in [-0.05, 0) is 38.3 Å². The van der Waals surface area contributed by atoms with E-state index in [0.29, 0.717) is 12.0 Å². The van der Waals surface area contributed by atoms with Crippen LogP contribution in [-0.2, 0) is 13.5 Å². The van der Waals surface area contributed by atoms with E-state index in [2.05, 4.69) is 55.5 Å². The Balaban J connectivity index is 2.09. The molecule has 19 heavy (non-hydrogen) atoms. The molecule has 0 bridgehead atoms. The van der Waals surface area contributed by atoms with Crippen molar-refractivity contribution in [1.29, 1.82) is 0 Å². The smallest absolute Gasteiger partial charge is 0.0705 e. The number of hydrogen-bond acceptors (Lipinski definition) is 2. The van der Waals surface area contributed by atoms with Crippen LogP contribution < -0.4 is 5.32 Å². The zero-order valence-electron chi connectivity index (χ0n) is 12.5. The first kappa shape index (κ1) is 14.1. The molecule has 0 spiro atoms. The molecule has 0 saturated carbocycles. The summed E-state index contributed by atoms with van der Waals surface area (Å²) >= 11 is 0. The minimum absolute atomic E-state index is 0.579. The quantitative estimate of drug-likeness (QED) is 0.863. The molecule has 104 valence electrons. The van der Waals surface area contributed by atoms with Gasteiger partial charge in [-0.1, -0.05) is 32.0 Å². The number of hydrogen-bond donors (Lipinski definition) is 1. The highest BCUT2D eigenvalue weighted by Crippen LogP contribution is 2.21. The maximum absolute atomic E-state index is 4.68. The van der Waals surface area contributed by atoms with Crippen molar-refractivity contribution in [1.82, 2.24) is 15.1 Å². The lowest BCUT2D eigenvalue weighted by molar-refractivity contribution is 0.423. The summed E-state index contributed by atoms with van der Waals surface area (Å²) in [5, 5.41) is 9.46. The Morgan fingerprint density at radius 3 is 2.74 bits per heavy atom. The van der Waals surface area contributed by atoms with Gasteiger partial charge in [-0.15, -0.1) is 0 Å². The summed E-state index contributed by atoms with van der Waals surface area (Å²) in [4.78, 5) is 0. The second-order valence-electron chi connectivity index (χ2n) is 5.59. The van der Waals surface area contributed by atoms with Crippen molar-refractivity contribution >= 4 is 10.9 Å². The van der Waals surface area contributed by atoms with Crippen LogP contribution in [0.2, 0.25) is 0 Å². The van der Waals surface area contributed by atoms with Gasteiger partial charge in [-0.2, -0.15) is 5.10 Å². The molecule has 1 N–H and O–H groups in total. The zero-order chi connectivity index (χ0) is 13.8. The number of nitrogens with zero attached hydrogens (tertiary/aromatic N) is 2. The molecule has 0 radical (unpaired) electrons. The van der Waals surface area contributed by atoms with Crippen molar-refractivity contribution in [3.05, 3.63) is 30.0 Å². The second-order valence-corrected chi connectivity index (χ2v) is 5.59. The predicted molar refractivity (Wildman–Crippen MR) is 81.3 cm³/mol. The van der Waals surface area contributed by atoms with Crippen LogP contribution in [0.5, 0.6) is 0 Å². The van der Waals surface area contributed by atoms with Crippen molar-refractivity contribution in [3.8, 4) is 0 Å². The lowest BCUT2D eigenvalue weighted by Crippen LogP contribution is -2.27. The summed E-state index contributed by atoms with van der Waals surface area (Å²) in [5.41, 5.74) is 2.46. The van der Waals surface area contributed by atoms with Crippen LogP contribution in [0, 0.1) is 5.92 Å². The molecule has 3 heteroatoms. The molecule has 2 aromatic rings. The molecule has 2 unspecified atom stereocenters. The molecule has 0 aliphatic rings. The number of aromatic nitrogens is 2. The van der Waals surface area contributed by atoms with E-state index in [4.69, 9.17) is 0 Å². The molecule has 3 nitrogen and oxygen atoms in total. The second kappa shape index (κ2) is 6.20. The molecule has 0 aliphatic carbocycles. The van der Waals surface area contributed by atoms with Gasteiger partial charge in [0.2, 0.25) is 0 Å². The average molecular weight is 259 g/mol. The van der Waals surface area contributed by atoms with Crippen molar-refractivity contribution in [2.24, 2.45) is 13.0 Å². The van der Waals surface area contributed by atoms with Gasteiger partial charge in [-0.3, -0.25) is 4.68 Å². The van der Waals surface area contributed by atoms with E-state index in [9.17, 15) is 0 Å². The first-order chi connectivity index (χ1) is 9.11. The highest BCUT2D eigenvalue weighted by molar-refractivity contribution is 5.81. The van der Waals surface area contributed by atoms with Crippen LogP contribution in [0.4, 0.5) is 0 Å². The molecule has 2 rings (SSSR count). The van der Waals surface area contributed by atoms with Gasteiger partial charge in [0, 0.05) is 18.5 Å². The van der Waals surface area contributed by atoms with Crippen molar-refractivity contribution in [2.75, 3.05) is 6.54 Å². The standard InChI is InChI=1S/C16H25N3/c1-5-17-13(3)10-12(2)11-15-14-8-6-7-9-16(14)19(4)18-15/h6-9,12-13,17H,5,10-11H2,1-4H3. The number of rotatable bonds is 6. The Hall–Kier alpha value is -1.35. The number of benzene rings is 1. The summed E-state index contributed by atoms with van der Waals surface area (Å²) in [5.74, 6) is 0.646. The van der Waals surface area contributed by atoms with E-state index in [1.807, 2.05) is 11.7 Å². The molecule has 0 saturated heterocycles. The van der Waals surface area contributed by atoms with Crippen LogP contribution in [-0.4, -0.2) is 22.4 Å². The minimum atomic E-state index is 0.579. The molecular weight excluding hydrogens is 234 g/mol. The summed E-state index contributed by atoms with van der Waals surface area (Å²) in [6, 6.07) is 9.06. The molecular formula is C16H25N3. The fraction of sp³-hybridized carbons (Fsp3) is 0.562. The Kier molecular flexibility index (Phi) is 4.59. The van der Waals surface area contributed by atoms with E-state index in [-0.39, 0.29) is 0 Å². The molecule has 0 fully saturated rings. The maximum Gasteiger partial charge on any atom is 0.0705 e. The van der Waals surface area contributed by atoms with E-state index in [1.165, 1.54) is 23.0 Å². The van der Waals surface area contributed by atoms with E-state index in [1.54, 1.807) is 0 Å². The zero-order valence-corrected chi connectivity index (χ0v) is 12.5. The Labute approximate surface area is 116 Å². The van der Waals surface area contributed by atoms with Crippen molar-refractivity contribution in [3.63, 3.8) is 0 Å². The molecule has 0 amide bonds. The third kappa shape index (κ3) is 3.35. The fourth-order valence-corrected chi connectivity index (χ4v) is 2.89. The van der Waals surface area contributed by atoms with E-state index < -0.39 is 0 Å².